The highest BCUT2D eigenvalue weighted by Gasteiger charge is 2.08. The van der Waals surface area contributed by atoms with E-state index in [4.69, 9.17) is 0 Å². The molecule has 3 nitrogen and oxygen atoms in total. The van der Waals surface area contributed by atoms with Crippen LogP contribution in [-0.4, -0.2) is 15.1 Å². The van der Waals surface area contributed by atoms with Gasteiger partial charge in [0, 0.05) is 4.47 Å². The molecule has 2 rings (SSSR count). The number of fused-ring (bicyclic) bond motifs is 1. The fraction of sp³-hybridized carbons (Fsp3) is 0.300. The van der Waals surface area contributed by atoms with E-state index in [0.29, 0.717) is 5.82 Å². The Hall–Kier alpha value is -0.870. The number of H-pyrrole nitrogens is 1. The first-order chi connectivity index (χ1) is 6.58. The van der Waals surface area contributed by atoms with Crippen molar-refractivity contribution >= 4 is 27.0 Å². The number of halogens is 1. The molecular formula is C10H11BrN2O. The number of rotatable bonds is 1. The standard InChI is InChI=1S/C10H11BrN2O/c1-5-3-8-9(4-7(5)11)13-10(12-8)6(2)14/h3-4,6,14H,1-2H3,(H,12,13). The van der Waals surface area contributed by atoms with E-state index in [2.05, 4.69) is 25.9 Å². The van der Waals surface area contributed by atoms with Crippen LogP contribution in [0.1, 0.15) is 24.4 Å². The van der Waals surface area contributed by atoms with Crippen molar-refractivity contribution in [2.24, 2.45) is 0 Å². The van der Waals surface area contributed by atoms with E-state index in [1.807, 2.05) is 19.1 Å². The van der Waals surface area contributed by atoms with Crippen LogP contribution in [0.5, 0.6) is 0 Å². The van der Waals surface area contributed by atoms with Gasteiger partial charge in [-0.2, -0.15) is 0 Å². The molecule has 74 valence electrons. The predicted molar refractivity (Wildman–Crippen MR) is 59.2 cm³/mol. The third kappa shape index (κ3) is 1.55. The van der Waals surface area contributed by atoms with Gasteiger partial charge in [-0.3, -0.25) is 0 Å². The number of aliphatic hydroxyl groups is 1. The molecule has 1 atom stereocenters. The molecule has 0 radical (unpaired) electrons. The molecule has 1 unspecified atom stereocenters. The molecule has 0 aliphatic rings. The molecule has 0 aliphatic heterocycles. The molecule has 0 aliphatic carbocycles. The number of aliphatic hydroxyl groups excluding tert-OH is 1. The lowest BCUT2D eigenvalue weighted by Crippen LogP contribution is -1.92. The Kier molecular flexibility index (Phi) is 2.33. The number of aromatic nitrogens is 2. The molecule has 1 aromatic heterocycles. The van der Waals surface area contributed by atoms with Crippen LogP contribution in [0.15, 0.2) is 16.6 Å². The van der Waals surface area contributed by atoms with E-state index < -0.39 is 6.10 Å². The first-order valence-electron chi connectivity index (χ1n) is 4.42. The van der Waals surface area contributed by atoms with Crippen molar-refractivity contribution < 1.29 is 5.11 Å². The molecule has 14 heavy (non-hydrogen) atoms. The van der Waals surface area contributed by atoms with Crippen LogP contribution in [-0.2, 0) is 0 Å². The van der Waals surface area contributed by atoms with Crippen LogP contribution in [0.4, 0.5) is 0 Å². The summed E-state index contributed by atoms with van der Waals surface area (Å²) in [5.41, 5.74) is 2.98. The highest BCUT2D eigenvalue weighted by atomic mass is 79.9. The van der Waals surface area contributed by atoms with Gasteiger partial charge in [-0.15, -0.1) is 0 Å². The van der Waals surface area contributed by atoms with Gasteiger partial charge in [0.2, 0.25) is 0 Å². The van der Waals surface area contributed by atoms with Crippen molar-refractivity contribution in [1.29, 1.82) is 0 Å². The Labute approximate surface area is 90.3 Å². The van der Waals surface area contributed by atoms with Crippen molar-refractivity contribution in [2.75, 3.05) is 0 Å². The maximum absolute atomic E-state index is 9.36. The number of nitrogens with one attached hydrogen (secondary N) is 1. The average molecular weight is 255 g/mol. The quantitative estimate of drug-likeness (QED) is 0.823. The Balaban J connectivity index is 2.66. The number of aromatic amines is 1. The number of nitrogens with zero attached hydrogens (tertiary/aromatic N) is 1. The Morgan fingerprint density at radius 1 is 1.50 bits per heavy atom. The predicted octanol–water partition coefficient (Wildman–Crippen LogP) is 2.69. The van der Waals surface area contributed by atoms with Crippen molar-refractivity contribution in [1.82, 2.24) is 9.97 Å². The second-order valence-corrected chi connectivity index (χ2v) is 4.27. The summed E-state index contributed by atoms with van der Waals surface area (Å²) in [6.45, 7) is 3.71. The first-order valence-corrected chi connectivity index (χ1v) is 5.21. The second kappa shape index (κ2) is 3.37. The summed E-state index contributed by atoms with van der Waals surface area (Å²) in [7, 11) is 0. The zero-order valence-corrected chi connectivity index (χ0v) is 9.59. The maximum Gasteiger partial charge on any atom is 0.135 e. The molecule has 0 bridgehead atoms. The van der Waals surface area contributed by atoms with Gasteiger partial charge in [0.25, 0.3) is 0 Å². The average Bonchev–Trinajstić information content (AvgIpc) is 2.48. The first kappa shape index (κ1) is 9.68. The Bertz CT molecular complexity index is 437. The highest BCUT2D eigenvalue weighted by Crippen LogP contribution is 2.23. The lowest BCUT2D eigenvalue weighted by molar-refractivity contribution is 0.190. The molecule has 0 saturated heterocycles. The minimum Gasteiger partial charge on any atom is -0.385 e. The minimum atomic E-state index is -0.554. The van der Waals surface area contributed by atoms with Gasteiger partial charge in [-0.05, 0) is 31.5 Å². The summed E-state index contributed by atoms with van der Waals surface area (Å²) >= 11 is 3.45. The fourth-order valence-electron chi connectivity index (χ4n) is 1.36. The lowest BCUT2D eigenvalue weighted by atomic mass is 10.2. The monoisotopic (exact) mass is 254 g/mol. The number of aryl methyl sites for hydroxylation is 1. The van der Waals surface area contributed by atoms with Crippen LogP contribution < -0.4 is 0 Å². The van der Waals surface area contributed by atoms with Crippen LogP contribution >= 0.6 is 15.9 Å². The topological polar surface area (TPSA) is 48.9 Å². The molecular weight excluding hydrogens is 244 g/mol. The van der Waals surface area contributed by atoms with Gasteiger partial charge < -0.3 is 10.1 Å². The van der Waals surface area contributed by atoms with E-state index in [1.54, 1.807) is 6.92 Å². The smallest absolute Gasteiger partial charge is 0.135 e. The number of hydrogen-bond acceptors (Lipinski definition) is 2. The molecule has 2 N–H and O–H groups in total. The summed E-state index contributed by atoms with van der Waals surface area (Å²) in [5, 5.41) is 9.36. The molecule has 0 saturated carbocycles. The molecule has 0 amide bonds. The summed E-state index contributed by atoms with van der Waals surface area (Å²) in [5.74, 6) is 0.609. The van der Waals surface area contributed by atoms with Gasteiger partial charge in [-0.1, -0.05) is 15.9 Å². The largest absolute Gasteiger partial charge is 0.385 e. The molecule has 4 heteroatoms. The van der Waals surface area contributed by atoms with Crippen molar-refractivity contribution in [3.8, 4) is 0 Å². The molecule has 1 aromatic carbocycles. The van der Waals surface area contributed by atoms with Gasteiger partial charge in [0.05, 0.1) is 11.0 Å². The second-order valence-electron chi connectivity index (χ2n) is 3.42. The SMILES string of the molecule is Cc1cc2[nH]c(C(C)O)nc2cc1Br. The number of hydrogen-bond donors (Lipinski definition) is 2. The molecule has 0 spiro atoms. The van der Waals surface area contributed by atoms with Crippen molar-refractivity contribution in [2.45, 2.75) is 20.0 Å². The third-order valence-electron chi connectivity index (χ3n) is 2.18. The van der Waals surface area contributed by atoms with Crippen molar-refractivity contribution in [3.05, 3.63) is 28.0 Å². The van der Waals surface area contributed by atoms with Gasteiger partial charge in [0.1, 0.15) is 11.9 Å². The normalized spacial score (nSPS) is 13.4. The van der Waals surface area contributed by atoms with E-state index >= 15 is 0 Å². The Morgan fingerprint density at radius 3 is 2.86 bits per heavy atom. The number of imidazole rings is 1. The summed E-state index contributed by atoms with van der Waals surface area (Å²) < 4.78 is 1.04. The zero-order chi connectivity index (χ0) is 10.3. The third-order valence-corrected chi connectivity index (χ3v) is 3.03. The lowest BCUT2D eigenvalue weighted by Gasteiger charge is -1.95. The van der Waals surface area contributed by atoms with Crippen LogP contribution in [0.25, 0.3) is 11.0 Å². The number of benzene rings is 1. The van der Waals surface area contributed by atoms with Gasteiger partial charge >= 0.3 is 0 Å². The van der Waals surface area contributed by atoms with Crippen molar-refractivity contribution in [3.63, 3.8) is 0 Å². The van der Waals surface area contributed by atoms with Crippen LogP contribution in [0.2, 0.25) is 0 Å². The maximum atomic E-state index is 9.36. The molecule has 0 fully saturated rings. The van der Waals surface area contributed by atoms with E-state index in [0.717, 1.165) is 21.1 Å². The fourth-order valence-corrected chi connectivity index (χ4v) is 1.69. The Morgan fingerprint density at radius 2 is 2.21 bits per heavy atom. The summed E-state index contributed by atoms with van der Waals surface area (Å²) in [4.78, 5) is 7.36. The zero-order valence-electron chi connectivity index (χ0n) is 8.00. The van der Waals surface area contributed by atoms with Crippen LogP contribution in [0.3, 0.4) is 0 Å². The highest BCUT2D eigenvalue weighted by molar-refractivity contribution is 9.10. The van der Waals surface area contributed by atoms with E-state index in [1.165, 1.54) is 0 Å². The van der Waals surface area contributed by atoms with Gasteiger partial charge in [-0.25, -0.2) is 4.98 Å². The molecule has 1 heterocycles. The summed E-state index contributed by atoms with van der Waals surface area (Å²) in [6.07, 6.45) is -0.554. The summed E-state index contributed by atoms with van der Waals surface area (Å²) in [6, 6.07) is 3.96. The van der Waals surface area contributed by atoms with Gasteiger partial charge in [0.15, 0.2) is 0 Å². The molecule has 2 aromatic rings. The van der Waals surface area contributed by atoms with Crippen LogP contribution in [0, 0.1) is 6.92 Å². The van der Waals surface area contributed by atoms with E-state index in [9.17, 15) is 5.11 Å². The minimum absolute atomic E-state index is 0.554. The van der Waals surface area contributed by atoms with E-state index in [-0.39, 0.29) is 0 Å².